The van der Waals surface area contributed by atoms with E-state index in [1.807, 2.05) is 18.2 Å². The second kappa shape index (κ2) is 7.93. The number of carboxylic acid groups (broad SMARTS) is 1. The summed E-state index contributed by atoms with van der Waals surface area (Å²) >= 11 is 0. The fourth-order valence-electron chi connectivity index (χ4n) is 3.98. The molecular formula is C18H29NO3. The van der Waals surface area contributed by atoms with E-state index in [2.05, 4.69) is 0 Å². The minimum Gasteiger partial charge on any atom is -0.479 e. The van der Waals surface area contributed by atoms with Crippen LogP contribution in [0, 0.1) is 5.92 Å². The van der Waals surface area contributed by atoms with Gasteiger partial charge >= 0.3 is 5.97 Å². The number of fused-ring (bicyclic) bond motifs is 1. The molecule has 3 aliphatic carbocycles. The number of hydrogen-bond acceptors (Lipinski definition) is 3. The molecule has 4 nitrogen and oxygen atoms in total. The standard InChI is InChI=1S/C9H17N.C9H12O3/c10-9-6-2-1-4-8(9)5-3-7-9;1-12-8(9(10)11)7-5-3-2-4-6-7/h8H,1-7,10H2;3,5-6,8H,2,4H2,1H3,(H,10,11)/t8?,9-;8-/m11/s1. The minimum absolute atomic E-state index is 0.290. The first-order chi connectivity index (χ1) is 10.6. The molecule has 3 rings (SSSR count). The molecule has 0 saturated heterocycles. The summed E-state index contributed by atoms with van der Waals surface area (Å²) in [6.07, 6.45) is 16.4. The Hall–Kier alpha value is -1.13. The van der Waals surface area contributed by atoms with Gasteiger partial charge in [-0.2, -0.15) is 0 Å². The summed E-state index contributed by atoms with van der Waals surface area (Å²) in [5.41, 5.74) is 7.30. The second-order valence-corrected chi connectivity index (χ2v) is 6.71. The highest BCUT2D eigenvalue weighted by molar-refractivity contribution is 5.77. The van der Waals surface area contributed by atoms with E-state index in [9.17, 15) is 4.79 Å². The van der Waals surface area contributed by atoms with Crippen molar-refractivity contribution in [3.05, 3.63) is 23.8 Å². The predicted molar refractivity (Wildman–Crippen MR) is 87.6 cm³/mol. The van der Waals surface area contributed by atoms with Crippen LogP contribution in [0.4, 0.5) is 0 Å². The molecule has 0 bridgehead atoms. The topological polar surface area (TPSA) is 72.5 Å². The first-order valence-corrected chi connectivity index (χ1v) is 8.48. The van der Waals surface area contributed by atoms with Crippen molar-refractivity contribution in [3.63, 3.8) is 0 Å². The Morgan fingerprint density at radius 1 is 1.32 bits per heavy atom. The maximum Gasteiger partial charge on any atom is 0.337 e. The lowest BCUT2D eigenvalue weighted by molar-refractivity contribution is -0.145. The average molecular weight is 307 g/mol. The minimum atomic E-state index is -0.935. The summed E-state index contributed by atoms with van der Waals surface area (Å²) in [7, 11) is 1.40. The molecule has 3 atom stereocenters. The lowest BCUT2D eigenvalue weighted by Crippen LogP contribution is -2.45. The first-order valence-electron chi connectivity index (χ1n) is 8.48. The SMILES string of the molecule is CO[C@@H](C(=O)O)C1=CCCC=C1.N[C@@]12CCCCC1CCC2. The van der Waals surface area contributed by atoms with Crippen molar-refractivity contribution in [2.75, 3.05) is 7.11 Å². The van der Waals surface area contributed by atoms with E-state index in [0.29, 0.717) is 0 Å². The van der Waals surface area contributed by atoms with Crippen LogP contribution in [-0.4, -0.2) is 29.8 Å². The van der Waals surface area contributed by atoms with Gasteiger partial charge in [-0.1, -0.05) is 37.5 Å². The number of carboxylic acids is 1. The van der Waals surface area contributed by atoms with Crippen LogP contribution in [0.3, 0.4) is 0 Å². The van der Waals surface area contributed by atoms with Crippen LogP contribution in [-0.2, 0) is 9.53 Å². The van der Waals surface area contributed by atoms with E-state index in [4.69, 9.17) is 15.6 Å². The van der Waals surface area contributed by atoms with Gasteiger partial charge in [-0.15, -0.1) is 0 Å². The van der Waals surface area contributed by atoms with E-state index in [1.165, 1.54) is 52.1 Å². The number of carbonyl (C=O) groups is 1. The summed E-state index contributed by atoms with van der Waals surface area (Å²) < 4.78 is 4.83. The maximum atomic E-state index is 10.6. The van der Waals surface area contributed by atoms with Gasteiger partial charge in [0, 0.05) is 12.6 Å². The highest BCUT2D eigenvalue weighted by atomic mass is 16.5. The van der Waals surface area contributed by atoms with Crippen LogP contribution in [0.2, 0.25) is 0 Å². The highest BCUT2D eigenvalue weighted by Crippen LogP contribution is 2.43. The molecular weight excluding hydrogens is 278 g/mol. The molecule has 1 unspecified atom stereocenters. The van der Waals surface area contributed by atoms with E-state index in [1.54, 1.807) is 0 Å². The smallest absolute Gasteiger partial charge is 0.337 e. The molecule has 0 aromatic rings. The lowest BCUT2D eigenvalue weighted by Gasteiger charge is -2.35. The average Bonchev–Trinajstić information content (AvgIpc) is 2.91. The van der Waals surface area contributed by atoms with Gasteiger partial charge in [-0.05, 0) is 50.0 Å². The number of ether oxygens (including phenoxy) is 1. The second-order valence-electron chi connectivity index (χ2n) is 6.71. The van der Waals surface area contributed by atoms with Crippen LogP contribution < -0.4 is 5.73 Å². The molecule has 0 radical (unpaired) electrons. The largest absolute Gasteiger partial charge is 0.479 e. The number of aliphatic carboxylic acids is 1. The van der Waals surface area contributed by atoms with E-state index < -0.39 is 12.1 Å². The van der Waals surface area contributed by atoms with Crippen molar-refractivity contribution in [2.24, 2.45) is 11.7 Å². The van der Waals surface area contributed by atoms with Crippen molar-refractivity contribution in [2.45, 2.75) is 69.4 Å². The molecule has 4 heteroatoms. The monoisotopic (exact) mass is 307 g/mol. The van der Waals surface area contributed by atoms with Crippen molar-refractivity contribution in [1.82, 2.24) is 0 Å². The molecule has 0 aliphatic heterocycles. The normalized spacial score (nSPS) is 31.5. The molecule has 0 aromatic heterocycles. The van der Waals surface area contributed by atoms with Gasteiger partial charge in [-0.25, -0.2) is 4.79 Å². The molecule has 0 spiro atoms. The van der Waals surface area contributed by atoms with Crippen molar-refractivity contribution < 1.29 is 14.6 Å². The Morgan fingerprint density at radius 3 is 2.64 bits per heavy atom. The van der Waals surface area contributed by atoms with Gasteiger partial charge in [0.15, 0.2) is 6.10 Å². The predicted octanol–water partition coefficient (Wildman–Crippen LogP) is 3.42. The summed E-state index contributed by atoms with van der Waals surface area (Å²) in [5.74, 6) is -0.0449. The summed E-state index contributed by atoms with van der Waals surface area (Å²) in [5, 5.41) is 8.73. The lowest BCUT2D eigenvalue weighted by atomic mass is 9.76. The Kier molecular flexibility index (Phi) is 6.21. The summed E-state index contributed by atoms with van der Waals surface area (Å²) in [6.45, 7) is 0. The number of hydrogen-bond donors (Lipinski definition) is 2. The van der Waals surface area contributed by atoms with Crippen molar-refractivity contribution in [1.29, 1.82) is 0 Å². The van der Waals surface area contributed by atoms with Crippen molar-refractivity contribution >= 4 is 5.97 Å². The number of allylic oxidation sites excluding steroid dienone is 2. The fraction of sp³-hybridized carbons (Fsp3) is 0.722. The zero-order valence-corrected chi connectivity index (χ0v) is 13.6. The Balaban J connectivity index is 0.000000162. The van der Waals surface area contributed by atoms with Crippen molar-refractivity contribution in [3.8, 4) is 0 Å². The van der Waals surface area contributed by atoms with Crippen LogP contribution >= 0.6 is 0 Å². The molecule has 22 heavy (non-hydrogen) atoms. The highest BCUT2D eigenvalue weighted by Gasteiger charge is 2.40. The molecule has 124 valence electrons. The summed E-state index contributed by atoms with van der Waals surface area (Å²) in [6, 6.07) is 0. The summed E-state index contributed by atoms with van der Waals surface area (Å²) in [4.78, 5) is 10.6. The zero-order valence-electron chi connectivity index (χ0n) is 13.6. The van der Waals surface area contributed by atoms with E-state index >= 15 is 0 Å². The van der Waals surface area contributed by atoms with Gasteiger partial charge in [0.05, 0.1) is 0 Å². The number of rotatable bonds is 3. The number of methoxy groups -OCH3 is 1. The zero-order chi connectivity index (χ0) is 16.0. The van der Waals surface area contributed by atoms with Gasteiger partial charge in [0.2, 0.25) is 0 Å². The third kappa shape index (κ3) is 4.20. The molecule has 0 amide bonds. The molecule has 2 saturated carbocycles. The molecule has 2 fully saturated rings. The van der Waals surface area contributed by atoms with Crippen LogP contribution in [0.15, 0.2) is 23.8 Å². The van der Waals surface area contributed by atoms with Crippen LogP contribution in [0.1, 0.15) is 57.8 Å². The Labute approximate surface area is 133 Å². The van der Waals surface area contributed by atoms with Gasteiger partial charge in [-0.3, -0.25) is 0 Å². The molecule has 3 aliphatic rings. The third-order valence-electron chi connectivity index (χ3n) is 5.24. The Bertz CT molecular complexity index is 444. The molecule has 3 N–H and O–H groups in total. The third-order valence-corrected chi connectivity index (χ3v) is 5.24. The fourth-order valence-corrected chi connectivity index (χ4v) is 3.98. The van der Waals surface area contributed by atoms with Crippen LogP contribution in [0.25, 0.3) is 0 Å². The van der Waals surface area contributed by atoms with E-state index in [-0.39, 0.29) is 5.54 Å². The molecule has 0 aromatic carbocycles. The molecule has 0 heterocycles. The maximum absolute atomic E-state index is 10.6. The van der Waals surface area contributed by atoms with Crippen LogP contribution in [0.5, 0.6) is 0 Å². The number of nitrogens with two attached hydrogens (primary N) is 1. The Morgan fingerprint density at radius 2 is 2.05 bits per heavy atom. The van der Waals surface area contributed by atoms with E-state index in [0.717, 1.165) is 24.3 Å². The van der Waals surface area contributed by atoms with Gasteiger partial charge in [0.25, 0.3) is 0 Å². The first kappa shape index (κ1) is 17.2. The van der Waals surface area contributed by atoms with Gasteiger partial charge < -0.3 is 15.6 Å². The quantitative estimate of drug-likeness (QED) is 0.838. The van der Waals surface area contributed by atoms with Gasteiger partial charge in [0.1, 0.15) is 0 Å².